The number of nitrogens with one attached hydrogen (secondary N) is 1. The molecule has 0 saturated carbocycles. The van der Waals surface area contributed by atoms with Crippen molar-refractivity contribution in [2.75, 3.05) is 38.0 Å². The Morgan fingerprint density at radius 2 is 1.62 bits per heavy atom. The molecular formula is C22H24F2N4O3S. The van der Waals surface area contributed by atoms with Crippen LogP contribution in [0.5, 0.6) is 0 Å². The number of alkyl halides is 2. The SMILES string of the molecule is N#Cc1ccc(CN2CCCN(CC(=O)Nc3ccc(S(=O)(=O)C(F)F)cc3)CC2)cc1. The summed E-state index contributed by atoms with van der Waals surface area (Å²) in [5.41, 5.74) is 2.11. The summed E-state index contributed by atoms with van der Waals surface area (Å²) in [5.74, 6) is -3.74. The van der Waals surface area contributed by atoms with E-state index in [1.807, 2.05) is 17.0 Å². The second kappa shape index (κ2) is 10.6. The third-order valence-electron chi connectivity index (χ3n) is 5.24. The maximum absolute atomic E-state index is 12.6. The summed E-state index contributed by atoms with van der Waals surface area (Å²) in [6.45, 7) is 4.14. The van der Waals surface area contributed by atoms with Gasteiger partial charge in [-0.3, -0.25) is 14.6 Å². The molecule has 1 amide bonds. The third-order valence-corrected chi connectivity index (χ3v) is 6.64. The number of benzene rings is 2. The van der Waals surface area contributed by atoms with Crippen LogP contribution in [0.3, 0.4) is 0 Å². The fourth-order valence-electron chi connectivity index (χ4n) is 3.52. The lowest BCUT2D eigenvalue weighted by Gasteiger charge is -2.21. The highest BCUT2D eigenvalue weighted by molar-refractivity contribution is 7.91. The molecular weight excluding hydrogens is 438 g/mol. The predicted octanol–water partition coefficient (Wildman–Crippen LogP) is 2.70. The quantitative estimate of drug-likeness (QED) is 0.680. The zero-order valence-corrected chi connectivity index (χ0v) is 18.2. The summed E-state index contributed by atoms with van der Waals surface area (Å²) < 4.78 is 48.2. The van der Waals surface area contributed by atoms with Crippen LogP contribution in [0.25, 0.3) is 0 Å². The number of nitrogens with zero attached hydrogens (tertiary/aromatic N) is 3. The maximum atomic E-state index is 12.6. The lowest BCUT2D eigenvalue weighted by atomic mass is 10.1. The topological polar surface area (TPSA) is 93.5 Å². The van der Waals surface area contributed by atoms with Crippen molar-refractivity contribution in [3.05, 3.63) is 59.7 Å². The van der Waals surface area contributed by atoms with Gasteiger partial charge >= 0.3 is 5.76 Å². The average molecular weight is 463 g/mol. The van der Waals surface area contributed by atoms with E-state index in [4.69, 9.17) is 5.26 Å². The molecule has 1 saturated heterocycles. The predicted molar refractivity (Wildman–Crippen MR) is 116 cm³/mol. The van der Waals surface area contributed by atoms with Crippen molar-refractivity contribution < 1.29 is 22.0 Å². The van der Waals surface area contributed by atoms with Crippen molar-refractivity contribution in [1.29, 1.82) is 5.26 Å². The first-order chi connectivity index (χ1) is 15.3. The van der Waals surface area contributed by atoms with Gasteiger partial charge in [0.2, 0.25) is 15.7 Å². The van der Waals surface area contributed by atoms with Gasteiger partial charge in [0.1, 0.15) is 0 Å². The first-order valence-corrected chi connectivity index (χ1v) is 11.7. The molecule has 1 fully saturated rings. The summed E-state index contributed by atoms with van der Waals surface area (Å²) in [6, 6.07) is 14.3. The zero-order valence-electron chi connectivity index (χ0n) is 17.4. The summed E-state index contributed by atoms with van der Waals surface area (Å²) in [7, 11) is -4.65. The molecule has 7 nitrogen and oxygen atoms in total. The summed E-state index contributed by atoms with van der Waals surface area (Å²) >= 11 is 0. The van der Waals surface area contributed by atoms with Gasteiger partial charge in [0.15, 0.2) is 0 Å². The molecule has 1 aliphatic rings. The Hall–Kier alpha value is -2.87. The average Bonchev–Trinajstić information content (AvgIpc) is 2.99. The molecule has 0 radical (unpaired) electrons. The van der Waals surface area contributed by atoms with E-state index in [1.54, 1.807) is 12.1 Å². The Bertz CT molecular complexity index is 1070. The number of amides is 1. The fourth-order valence-corrected chi connectivity index (χ4v) is 4.24. The lowest BCUT2D eigenvalue weighted by molar-refractivity contribution is -0.117. The number of carbonyl (C=O) groups is 1. The molecule has 0 atom stereocenters. The molecule has 1 aliphatic heterocycles. The van der Waals surface area contributed by atoms with E-state index < -0.39 is 20.5 Å². The molecule has 0 aromatic heterocycles. The molecule has 2 aromatic rings. The largest absolute Gasteiger partial charge is 0.341 e. The minimum atomic E-state index is -4.65. The van der Waals surface area contributed by atoms with Crippen LogP contribution in [0, 0.1) is 11.3 Å². The van der Waals surface area contributed by atoms with Crippen LogP contribution in [-0.4, -0.2) is 62.6 Å². The van der Waals surface area contributed by atoms with Crippen LogP contribution in [-0.2, 0) is 21.2 Å². The Labute approximate surface area is 186 Å². The molecule has 0 spiro atoms. The van der Waals surface area contributed by atoms with E-state index in [0.717, 1.165) is 56.8 Å². The van der Waals surface area contributed by atoms with Crippen LogP contribution in [0.1, 0.15) is 17.5 Å². The monoisotopic (exact) mass is 462 g/mol. The highest BCUT2D eigenvalue weighted by Crippen LogP contribution is 2.20. The van der Waals surface area contributed by atoms with Crippen LogP contribution < -0.4 is 5.32 Å². The van der Waals surface area contributed by atoms with Crippen LogP contribution in [0.2, 0.25) is 0 Å². The third kappa shape index (κ3) is 6.32. The normalized spacial score (nSPS) is 15.8. The van der Waals surface area contributed by atoms with Crippen LogP contribution >= 0.6 is 0 Å². The van der Waals surface area contributed by atoms with Gasteiger partial charge < -0.3 is 5.32 Å². The van der Waals surface area contributed by atoms with Crippen molar-refractivity contribution in [2.45, 2.75) is 23.6 Å². The maximum Gasteiger partial charge on any atom is 0.341 e. The molecule has 0 unspecified atom stereocenters. The molecule has 0 aliphatic carbocycles. The fraction of sp³-hybridized carbons (Fsp3) is 0.364. The first kappa shape index (κ1) is 23.8. The second-order valence-electron chi connectivity index (χ2n) is 7.59. The summed E-state index contributed by atoms with van der Waals surface area (Å²) in [5, 5.41) is 11.6. The minimum Gasteiger partial charge on any atom is -0.325 e. The van der Waals surface area contributed by atoms with Crippen molar-refractivity contribution in [3.63, 3.8) is 0 Å². The molecule has 10 heteroatoms. The second-order valence-corrected chi connectivity index (χ2v) is 9.51. The van der Waals surface area contributed by atoms with E-state index in [9.17, 15) is 22.0 Å². The number of anilines is 1. The number of hydrogen-bond donors (Lipinski definition) is 1. The number of nitriles is 1. The number of rotatable bonds is 7. The smallest absolute Gasteiger partial charge is 0.325 e. The molecule has 1 heterocycles. The number of sulfone groups is 1. The van der Waals surface area contributed by atoms with Crippen molar-refractivity contribution in [1.82, 2.24) is 9.80 Å². The summed E-state index contributed by atoms with van der Waals surface area (Å²) in [4.78, 5) is 16.3. The highest BCUT2D eigenvalue weighted by Gasteiger charge is 2.26. The van der Waals surface area contributed by atoms with Crippen molar-refractivity contribution in [3.8, 4) is 6.07 Å². The van der Waals surface area contributed by atoms with Gasteiger partial charge in [-0.2, -0.15) is 14.0 Å². The molecule has 2 aromatic carbocycles. The van der Waals surface area contributed by atoms with Gasteiger partial charge in [0.05, 0.1) is 23.1 Å². The van der Waals surface area contributed by atoms with E-state index in [-0.39, 0.29) is 12.5 Å². The van der Waals surface area contributed by atoms with Crippen molar-refractivity contribution in [2.24, 2.45) is 0 Å². The van der Waals surface area contributed by atoms with Gasteiger partial charge in [-0.25, -0.2) is 8.42 Å². The van der Waals surface area contributed by atoms with Crippen LogP contribution in [0.4, 0.5) is 14.5 Å². The van der Waals surface area contributed by atoms with Gasteiger partial charge in [0, 0.05) is 25.3 Å². The Morgan fingerprint density at radius 3 is 2.25 bits per heavy atom. The van der Waals surface area contributed by atoms with Gasteiger partial charge in [-0.1, -0.05) is 12.1 Å². The Balaban J connectivity index is 1.49. The molecule has 32 heavy (non-hydrogen) atoms. The van der Waals surface area contributed by atoms with E-state index in [2.05, 4.69) is 16.3 Å². The number of halogens is 2. The zero-order chi connectivity index (χ0) is 23.1. The number of carbonyl (C=O) groups excluding carboxylic acids is 1. The number of hydrogen-bond acceptors (Lipinski definition) is 6. The molecule has 0 bridgehead atoms. The minimum absolute atomic E-state index is 0.182. The highest BCUT2D eigenvalue weighted by atomic mass is 32.2. The van der Waals surface area contributed by atoms with Crippen LogP contribution in [0.15, 0.2) is 53.4 Å². The molecule has 170 valence electrons. The van der Waals surface area contributed by atoms with Gasteiger partial charge in [-0.05, 0) is 61.5 Å². The van der Waals surface area contributed by atoms with Gasteiger partial charge in [0.25, 0.3) is 0 Å². The van der Waals surface area contributed by atoms with Gasteiger partial charge in [-0.15, -0.1) is 0 Å². The first-order valence-electron chi connectivity index (χ1n) is 10.1. The van der Waals surface area contributed by atoms with E-state index in [1.165, 1.54) is 12.1 Å². The van der Waals surface area contributed by atoms with E-state index >= 15 is 0 Å². The standard InChI is InChI=1S/C22H24F2N4O3S/c23-22(24)32(30,31)20-8-6-19(7-9-20)26-21(29)16-28-11-1-10-27(12-13-28)15-18-4-2-17(14-25)3-5-18/h2-9,22H,1,10-13,15-16H2,(H,26,29). The lowest BCUT2D eigenvalue weighted by Crippen LogP contribution is -2.36. The van der Waals surface area contributed by atoms with E-state index in [0.29, 0.717) is 11.3 Å². The van der Waals surface area contributed by atoms with Crippen molar-refractivity contribution >= 4 is 21.4 Å². The summed E-state index contributed by atoms with van der Waals surface area (Å²) in [6.07, 6.45) is 0.906. The Morgan fingerprint density at radius 1 is 1.00 bits per heavy atom. The Kier molecular flexibility index (Phi) is 7.90. The molecule has 3 rings (SSSR count). The molecule has 1 N–H and O–H groups in total.